The standard InChI is InChI=1S/C12H17BrN4O2/c1-12(2,3)19-11(18)16(5)7-8-9(13)10(14-4)17(6)15-8/h7H2,1-3,5-6H3/i5D3. The summed E-state index contributed by atoms with van der Waals surface area (Å²) in [6, 6.07) is 0. The van der Waals surface area contributed by atoms with Crippen molar-refractivity contribution in [1.29, 1.82) is 0 Å². The number of amides is 1. The van der Waals surface area contributed by atoms with Crippen LogP contribution in [-0.4, -0.2) is 33.4 Å². The second-order valence-corrected chi connectivity index (χ2v) is 5.68. The summed E-state index contributed by atoms with van der Waals surface area (Å²) in [6.07, 6.45) is -0.964. The molecule has 0 aliphatic carbocycles. The van der Waals surface area contributed by atoms with E-state index in [0.29, 0.717) is 9.37 Å². The van der Waals surface area contributed by atoms with Gasteiger partial charge in [0.05, 0.1) is 18.1 Å². The van der Waals surface area contributed by atoms with Crippen LogP contribution in [0.4, 0.5) is 10.6 Å². The quantitative estimate of drug-likeness (QED) is 0.782. The summed E-state index contributed by atoms with van der Waals surface area (Å²) in [7, 11) is 1.56. The number of ether oxygens (including phenoxy) is 1. The Morgan fingerprint density at radius 2 is 2.32 bits per heavy atom. The van der Waals surface area contributed by atoms with E-state index in [9.17, 15) is 4.79 Å². The highest BCUT2D eigenvalue weighted by molar-refractivity contribution is 9.10. The van der Waals surface area contributed by atoms with Gasteiger partial charge in [0.15, 0.2) is 0 Å². The number of carbonyl (C=O) groups is 1. The molecule has 1 rings (SSSR count). The SMILES string of the molecule is [2H]C([2H])([2H])N(Cc1nn(C)c([N+]#[C-])c1Br)C(=O)OC(C)(C)C. The third kappa shape index (κ3) is 3.96. The first-order valence-corrected chi connectivity index (χ1v) is 6.25. The lowest BCUT2D eigenvalue weighted by molar-refractivity contribution is 0.0282. The van der Waals surface area contributed by atoms with E-state index in [1.807, 2.05) is 0 Å². The first-order chi connectivity index (χ1) is 9.86. The third-order valence-electron chi connectivity index (χ3n) is 2.05. The molecule has 0 spiro atoms. The van der Waals surface area contributed by atoms with E-state index in [4.69, 9.17) is 15.4 Å². The molecule has 1 aromatic rings. The fourth-order valence-corrected chi connectivity index (χ4v) is 1.85. The molecule has 0 fully saturated rings. The summed E-state index contributed by atoms with van der Waals surface area (Å²) in [5, 5.41) is 4.07. The Balaban J connectivity index is 3.12. The molecular formula is C12H17BrN4O2. The van der Waals surface area contributed by atoms with Gasteiger partial charge in [-0.15, -0.1) is 5.10 Å². The number of hydrogen-bond acceptors (Lipinski definition) is 3. The van der Waals surface area contributed by atoms with E-state index in [1.165, 1.54) is 4.68 Å². The summed E-state index contributed by atoms with van der Waals surface area (Å²) in [6.45, 7) is 9.03. The normalized spacial score (nSPS) is 14.0. The maximum atomic E-state index is 12.1. The predicted molar refractivity (Wildman–Crippen MR) is 74.9 cm³/mol. The maximum absolute atomic E-state index is 12.1. The summed E-state index contributed by atoms with van der Waals surface area (Å²) in [5.41, 5.74) is -0.542. The topological polar surface area (TPSA) is 51.7 Å². The van der Waals surface area contributed by atoms with E-state index >= 15 is 0 Å². The van der Waals surface area contributed by atoms with Crippen LogP contribution in [0.25, 0.3) is 4.85 Å². The van der Waals surface area contributed by atoms with E-state index in [2.05, 4.69) is 25.9 Å². The fourth-order valence-electron chi connectivity index (χ4n) is 1.30. The molecule has 0 N–H and O–H groups in total. The Bertz CT molecular complexity index is 614. The van der Waals surface area contributed by atoms with Crippen LogP contribution in [0.2, 0.25) is 0 Å². The number of aromatic nitrogens is 2. The Kier molecular flexibility index (Phi) is 3.34. The van der Waals surface area contributed by atoms with Crippen molar-refractivity contribution in [3.05, 3.63) is 21.6 Å². The van der Waals surface area contributed by atoms with Gasteiger partial charge < -0.3 is 14.5 Å². The summed E-state index contributed by atoms with van der Waals surface area (Å²) in [5.74, 6) is 0.227. The van der Waals surface area contributed by atoms with Gasteiger partial charge >= 0.3 is 6.09 Å². The molecule has 0 saturated carbocycles. The average Bonchev–Trinajstić information content (AvgIpc) is 2.56. The van der Waals surface area contributed by atoms with Crippen molar-refractivity contribution in [2.45, 2.75) is 32.9 Å². The Hall–Kier alpha value is -1.55. The van der Waals surface area contributed by atoms with E-state index in [-0.39, 0.29) is 18.1 Å². The average molecular weight is 332 g/mol. The van der Waals surface area contributed by atoms with Crippen LogP contribution in [0.15, 0.2) is 4.47 Å². The van der Waals surface area contributed by atoms with Gasteiger partial charge in [0, 0.05) is 11.1 Å². The lowest BCUT2D eigenvalue weighted by atomic mass is 10.2. The Morgan fingerprint density at radius 3 is 2.74 bits per heavy atom. The van der Waals surface area contributed by atoms with Crippen LogP contribution in [0.5, 0.6) is 0 Å². The summed E-state index contributed by atoms with van der Waals surface area (Å²) >= 11 is 3.21. The van der Waals surface area contributed by atoms with Crippen molar-refractivity contribution in [2.24, 2.45) is 7.05 Å². The predicted octanol–water partition coefficient (Wildman–Crippen LogP) is 3.10. The molecule has 19 heavy (non-hydrogen) atoms. The molecule has 7 heteroatoms. The number of rotatable bonds is 2. The Morgan fingerprint density at radius 1 is 1.68 bits per heavy atom. The van der Waals surface area contributed by atoms with Gasteiger partial charge in [0.2, 0.25) is 0 Å². The lowest BCUT2D eigenvalue weighted by Crippen LogP contribution is -2.34. The molecule has 0 atom stereocenters. The van der Waals surface area contributed by atoms with Gasteiger partial charge in [0.1, 0.15) is 11.3 Å². The second kappa shape index (κ2) is 5.61. The summed E-state index contributed by atoms with van der Waals surface area (Å²) in [4.78, 5) is 16.0. The van der Waals surface area contributed by atoms with Crippen LogP contribution in [0.3, 0.4) is 0 Å². The zero-order valence-electron chi connectivity index (χ0n) is 14.2. The highest BCUT2D eigenvalue weighted by Gasteiger charge is 2.22. The van der Waals surface area contributed by atoms with Crippen LogP contribution < -0.4 is 0 Å². The van der Waals surface area contributed by atoms with Gasteiger partial charge in [-0.1, -0.05) is 22.5 Å². The maximum Gasteiger partial charge on any atom is 0.410 e. The van der Waals surface area contributed by atoms with Crippen molar-refractivity contribution in [2.75, 3.05) is 6.98 Å². The third-order valence-corrected chi connectivity index (χ3v) is 2.87. The van der Waals surface area contributed by atoms with Crippen LogP contribution in [0, 0.1) is 6.57 Å². The molecule has 0 bridgehead atoms. The molecule has 0 aromatic carbocycles. The number of aryl methyl sites for hydroxylation is 1. The van der Waals surface area contributed by atoms with Gasteiger partial charge in [0.25, 0.3) is 5.82 Å². The largest absolute Gasteiger partial charge is 0.444 e. The zero-order chi connectivity index (χ0) is 17.3. The van der Waals surface area contributed by atoms with Crippen LogP contribution in [-0.2, 0) is 18.3 Å². The number of nitrogens with zero attached hydrogens (tertiary/aromatic N) is 4. The molecule has 0 saturated heterocycles. The molecule has 1 heterocycles. The zero-order valence-corrected chi connectivity index (χ0v) is 12.8. The minimum atomic E-state index is -2.68. The highest BCUT2D eigenvalue weighted by atomic mass is 79.9. The van der Waals surface area contributed by atoms with E-state index in [0.717, 1.165) is 0 Å². The minimum Gasteiger partial charge on any atom is -0.444 e. The minimum absolute atomic E-state index is 0.227. The molecule has 1 amide bonds. The van der Waals surface area contributed by atoms with Gasteiger partial charge in [-0.3, -0.25) is 0 Å². The smallest absolute Gasteiger partial charge is 0.410 e. The first kappa shape index (κ1) is 11.3. The van der Waals surface area contributed by atoms with Crippen molar-refractivity contribution >= 4 is 27.8 Å². The van der Waals surface area contributed by atoms with Crippen LogP contribution in [0.1, 0.15) is 30.6 Å². The molecule has 6 nitrogen and oxygen atoms in total. The van der Waals surface area contributed by atoms with Gasteiger partial charge in [-0.2, -0.15) is 4.68 Å². The molecule has 1 aromatic heterocycles. The fraction of sp³-hybridized carbons (Fsp3) is 0.583. The monoisotopic (exact) mass is 331 g/mol. The first-order valence-electron chi connectivity index (χ1n) is 6.96. The number of hydrogen-bond donors (Lipinski definition) is 0. The van der Waals surface area contributed by atoms with Crippen LogP contribution >= 0.6 is 15.9 Å². The van der Waals surface area contributed by atoms with E-state index in [1.54, 1.807) is 27.8 Å². The van der Waals surface area contributed by atoms with Gasteiger partial charge in [-0.25, -0.2) is 4.79 Å². The number of carbonyl (C=O) groups excluding carboxylic acids is 1. The van der Waals surface area contributed by atoms with Crippen molar-refractivity contribution < 1.29 is 13.6 Å². The summed E-state index contributed by atoms with van der Waals surface area (Å²) < 4.78 is 29.3. The molecule has 104 valence electrons. The van der Waals surface area contributed by atoms with E-state index < -0.39 is 18.7 Å². The lowest BCUT2D eigenvalue weighted by Gasteiger charge is -2.24. The van der Waals surface area contributed by atoms with Crippen molar-refractivity contribution in [3.63, 3.8) is 0 Å². The molecule has 0 aliphatic heterocycles. The Labute approximate surface area is 125 Å². The highest BCUT2D eigenvalue weighted by Crippen LogP contribution is 2.29. The molecule has 0 radical (unpaired) electrons. The van der Waals surface area contributed by atoms with Crippen molar-refractivity contribution in [1.82, 2.24) is 14.7 Å². The molecular weight excluding hydrogens is 312 g/mol. The van der Waals surface area contributed by atoms with Gasteiger partial charge in [-0.05, 0) is 20.8 Å². The number of halogens is 1. The second-order valence-electron chi connectivity index (χ2n) is 4.89. The van der Waals surface area contributed by atoms with Crippen molar-refractivity contribution in [3.8, 4) is 0 Å². The molecule has 0 aliphatic rings. The molecule has 0 unspecified atom stereocenters.